The van der Waals surface area contributed by atoms with Gasteiger partial charge in [-0.05, 0) is 68.3 Å². The smallest absolute Gasteiger partial charge is 0.282 e. The minimum atomic E-state index is -0.498. The number of anilines is 1. The molecular weight excluding hydrogens is 480 g/mol. The molecule has 0 aromatic heterocycles. The van der Waals surface area contributed by atoms with Gasteiger partial charge in [0.05, 0.1) is 17.3 Å². The number of nitrogens with one attached hydrogen (secondary N) is 1. The quantitative estimate of drug-likeness (QED) is 0.243. The number of rotatable bonds is 9. The van der Waals surface area contributed by atoms with Gasteiger partial charge in [0.15, 0.2) is 11.5 Å². The molecule has 186 valence electrons. The molecule has 1 saturated heterocycles. The first kappa shape index (κ1) is 25.1. The molecule has 0 spiro atoms. The fraction of sp³-hybridized carbons (Fsp3) is 0.214. The van der Waals surface area contributed by atoms with E-state index in [4.69, 9.17) is 25.8 Å². The van der Waals surface area contributed by atoms with Gasteiger partial charge in [0, 0.05) is 0 Å². The molecule has 0 aliphatic carbocycles. The van der Waals surface area contributed by atoms with E-state index in [0.717, 1.165) is 11.3 Å². The van der Waals surface area contributed by atoms with Gasteiger partial charge in [0.2, 0.25) is 0 Å². The first-order chi connectivity index (χ1) is 17.4. The molecule has 3 aromatic carbocycles. The summed E-state index contributed by atoms with van der Waals surface area (Å²) in [6, 6.07) is 18.2. The standard InChI is InChI=1S/C28H27ClN2O5/c1-4-34-25-17-20(15-22-27(32)30-31(28(22)33)21-8-6-5-7-9-21)16-23(29)26(25)36-13-12-35-24-11-10-18(2)14-19(24)3/h5-11,14-17H,4,12-13H2,1-3H3,(H,30,32). The largest absolute Gasteiger partial charge is 0.490 e. The Morgan fingerprint density at radius 3 is 2.39 bits per heavy atom. The number of ether oxygens (including phenoxy) is 3. The van der Waals surface area contributed by atoms with Crippen molar-refractivity contribution in [3.05, 3.63) is 87.9 Å². The zero-order valence-electron chi connectivity index (χ0n) is 20.3. The molecule has 36 heavy (non-hydrogen) atoms. The van der Waals surface area contributed by atoms with E-state index in [1.54, 1.807) is 36.4 Å². The number of hydrogen-bond donors (Lipinski definition) is 1. The summed E-state index contributed by atoms with van der Waals surface area (Å²) in [4.78, 5) is 25.4. The zero-order valence-corrected chi connectivity index (χ0v) is 21.1. The highest BCUT2D eigenvalue weighted by Crippen LogP contribution is 2.37. The number of amides is 2. The van der Waals surface area contributed by atoms with Crippen LogP contribution in [-0.4, -0.2) is 31.6 Å². The van der Waals surface area contributed by atoms with Gasteiger partial charge in [-0.25, -0.2) is 5.01 Å². The Bertz CT molecular complexity index is 1310. The number of hydrogen-bond acceptors (Lipinski definition) is 5. The molecule has 1 aliphatic heterocycles. The van der Waals surface area contributed by atoms with Crippen molar-refractivity contribution >= 4 is 35.2 Å². The first-order valence-electron chi connectivity index (χ1n) is 11.6. The summed E-state index contributed by atoms with van der Waals surface area (Å²) in [6.07, 6.45) is 1.49. The third-order valence-electron chi connectivity index (χ3n) is 5.47. The van der Waals surface area contributed by atoms with Crippen molar-refractivity contribution in [3.8, 4) is 17.2 Å². The normalized spacial score (nSPS) is 14.2. The Morgan fingerprint density at radius 1 is 0.917 bits per heavy atom. The third-order valence-corrected chi connectivity index (χ3v) is 5.75. The van der Waals surface area contributed by atoms with Gasteiger partial charge in [-0.1, -0.05) is 47.5 Å². The summed E-state index contributed by atoms with van der Waals surface area (Å²) < 4.78 is 17.5. The second-order valence-corrected chi connectivity index (χ2v) is 8.61. The lowest BCUT2D eigenvalue weighted by atomic mass is 10.1. The summed E-state index contributed by atoms with van der Waals surface area (Å²) in [5.74, 6) is 0.629. The molecular formula is C28H27ClN2O5. The second kappa shape index (κ2) is 11.2. The highest BCUT2D eigenvalue weighted by molar-refractivity contribution is 6.33. The van der Waals surface area contributed by atoms with E-state index >= 15 is 0 Å². The van der Waals surface area contributed by atoms with Crippen molar-refractivity contribution in [2.24, 2.45) is 0 Å². The zero-order chi connectivity index (χ0) is 25.7. The summed E-state index contributed by atoms with van der Waals surface area (Å²) in [7, 11) is 0. The monoisotopic (exact) mass is 506 g/mol. The highest BCUT2D eigenvalue weighted by Gasteiger charge is 2.34. The van der Waals surface area contributed by atoms with Crippen LogP contribution in [0.2, 0.25) is 5.02 Å². The average molecular weight is 507 g/mol. The van der Waals surface area contributed by atoms with Crippen LogP contribution in [0.15, 0.2) is 66.2 Å². The molecule has 8 heteroatoms. The lowest BCUT2D eigenvalue weighted by Gasteiger charge is -2.15. The minimum Gasteiger partial charge on any atom is -0.490 e. The van der Waals surface area contributed by atoms with Gasteiger partial charge in [-0.3, -0.25) is 15.0 Å². The van der Waals surface area contributed by atoms with Crippen molar-refractivity contribution in [2.75, 3.05) is 24.8 Å². The molecule has 3 aromatic rings. The van der Waals surface area contributed by atoms with Gasteiger partial charge in [-0.2, -0.15) is 0 Å². The Morgan fingerprint density at radius 2 is 1.67 bits per heavy atom. The Hall–Kier alpha value is -3.97. The van der Waals surface area contributed by atoms with Crippen molar-refractivity contribution in [2.45, 2.75) is 20.8 Å². The maximum atomic E-state index is 12.9. The van der Waals surface area contributed by atoms with E-state index in [9.17, 15) is 9.59 Å². The van der Waals surface area contributed by atoms with Crippen LogP contribution in [0.4, 0.5) is 5.69 Å². The van der Waals surface area contributed by atoms with Crippen LogP contribution in [0.25, 0.3) is 6.08 Å². The third kappa shape index (κ3) is 5.63. The fourth-order valence-corrected chi connectivity index (χ4v) is 4.09. The number of carbonyl (C=O) groups excluding carboxylic acids is 2. The molecule has 1 N–H and O–H groups in total. The molecule has 1 heterocycles. The van der Waals surface area contributed by atoms with Crippen molar-refractivity contribution in [1.82, 2.24) is 5.43 Å². The molecule has 0 atom stereocenters. The van der Waals surface area contributed by atoms with Gasteiger partial charge in [-0.15, -0.1) is 0 Å². The molecule has 0 radical (unpaired) electrons. The van der Waals surface area contributed by atoms with Crippen LogP contribution in [0.1, 0.15) is 23.6 Å². The van der Waals surface area contributed by atoms with Crippen LogP contribution in [0.3, 0.4) is 0 Å². The van der Waals surface area contributed by atoms with Gasteiger partial charge < -0.3 is 14.2 Å². The summed E-state index contributed by atoms with van der Waals surface area (Å²) in [5, 5.41) is 1.51. The van der Waals surface area contributed by atoms with Crippen LogP contribution >= 0.6 is 11.6 Å². The van der Waals surface area contributed by atoms with E-state index < -0.39 is 11.8 Å². The molecule has 7 nitrogen and oxygen atoms in total. The topological polar surface area (TPSA) is 77.1 Å². The Labute approximate surface area is 215 Å². The molecule has 1 aliphatic rings. The Kier molecular flexibility index (Phi) is 7.80. The SMILES string of the molecule is CCOc1cc(C=C2C(=O)NN(c3ccccc3)C2=O)cc(Cl)c1OCCOc1ccc(C)cc1C. The van der Waals surface area contributed by atoms with Gasteiger partial charge >= 0.3 is 0 Å². The molecule has 2 amide bonds. The fourth-order valence-electron chi connectivity index (χ4n) is 3.81. The first-order valence-corrected chi connectivity index (χ1v) is 12.0. The van der Waals surface area contributed by atoms with E-state index in [-0.39, 0.29) is 12.2 Å². The second-order valence-electron chi connectivity index (χ2n) is 8.20. The summed E-state index contributed by atoms with van der Waals surface area (Å²) >= 11 is 6.52. The minimum absolute atomic E-state index is 0.00657. The van der Waals surface area contributed by atoms with Crippen molar-refractivity contribution < 1.29 is 23.8 Å². The van der Waals surface area contributed by atoms with Crippen LogP contribution < -0.4 is 24.6 Å². The lowest BCUT2D eigenvalue weighted by Crippen LogP contribution is -2.35. The lowest BCUT2D eigenvalue weighted by molar-refractivity contribution is -0.117. The van der Waals surface area contributed by atoms with E-state index in [2.05, 4.69) is 11.5 Å². The van der Waals surface area contributed by atoms with Crippen LogP contribution in [0, 0.1) is 13.8 Å². The number of halogens is 1. The Balaban J connectivity index is 1.49. The predicted octanol–water partition coefficient (Wildman–Crippen LogP) is 5.27. The van der Waals surface area contributed by atoms with E-state index in [1.807, 2.05) is 39.0 Å². The molecule has 1 fully saturated rings. The maximum Gasteiger partial charge on any atom is 0.282 e. The van der Waals surface area contributed by atoms with Crippen molar-refractivity contribution in [3.63, 3.8) is 0 Å². The number of aryl methyl sites for hydroxylation is 2. The van der Waals surface area contributed by atoms with E-state index in [1.165, 1.54) is 16.6 Å². The van der Waals surface area contributed by atoms with Crippen LogP contribution in [-0.2, 0) is 9.59 Å². The predicted molar refractivity (Wildman–Crippen MR) is 140 cm³/mol. The average Bonchev–Trinajstić information content (AvgIpc) is 3.13. The summed E-state index contributed by atoms with van der Waals surface area (Å²) in [6.45, 7) is 6.83. The van der Waals surface area contributed by atoms with Gasteiger partial charge in [0.1, 0.15) is 24.5 Å². The number of benzene rings is 3. The maximum absolute atomic E-state index is 12.9. The van der Waals surface area contributed by atoms with Crippen molar-refractivity contribution in [1.29, 1.82) is 0 Å². The van der Waals surface area contributed by atoms with E-state index in [0.29, 0.717) is 41.0 Å². The summed E-state index contributed by atoms with van der Waals surface area (Å²) in [5.41, 5.74) is 5.91. The number of carbonyl (C=O) groups is 2. The number of hydrazine groups is 1. The number of para-hydroxylation sites is 1. The molecule has 0 unspecified atom stereocenters. The number of nitrogens with zero attached hydrogens (tertiary/aromatic N) is 1. The molecule has 4 rings (SSSR count). The van der Waals surface area contributed by atoms with Crippen LogP contribution in [0.5, 0.6) is 17.2 Å². The molecule has 0 saturated carbocycles. The highest BCUT2D eigenvalue weighted by atomic mass is 35.5. The van der Waals surface area contributed by atoms with Gasteiger partial charge in [0.25, 0.3) is 11.8 Å². The molecule has 0 bridgehead atoms.